The van der Waals surface area contributed by atoms with Crippen LogP contribution < -0.4 is 20.3 Å². The summed E-state index contributed by atoms with van der Waals surface area (Å²) in [6.07, 6.45) is 2.06. The van der Waals surface area contributed by atoms with E-state index in [2.05, 4.69) is 22.5 Å². The van der Waals surface area contributed by atoms with Gasteiger partial charge < -0.3 is 25.0 Å². The van der Waals surface area contributed by atoms with Gasteiger partial charge in [0.1, 0.15) is 5.75 Å². The van der Waals surface area contributed by atoms with Crippen LogP contribution in [0.25, 0.3) is 0 Å². The summed E-state index contributed by atoms with van der Waals surface area (Å²) in [5, 5.41) is 5.44. The first-order chi connectivity index (χ1) is 14.7. The van der Waals surface area contributed by atoms with Crippen molar-refractivity contribution >= 4 is 23.2 Å². The van der Waals surface area contributed by atoms with E-state index in [9.17, 15) is 9.59 Å². The fourth-order valence-electron chi connectivity index (χ4n) is 3.08. The SMILES string of the molecule is CCCCOc1ccc(C(=O)NCC(=O)Nc2ccc(N3CCOCC3)cc2)cc1. The molecule has 0 atom stereocenters. The molecule has 1 aliphatic heterocycles. The second-order valence-electron chi connectivity index (χ2n) is 7.10. The molecule has 0 spiro atoms. The van der Waals surface area contributed by atoms with Crippen LogP contribution in [-0.4, -0.2) is 51.3 Å². The van der Waals surface area contributed by atoms with Gasteiger partial charge >= 0.3 is 0 Å². The van der Waals surface area contributed by atoms with Gasteiger partial charge in [-0.3, -0.25) is 9.59 Å². The topological polar surface area (TPSA) is 79.9 Å². The molecule has 0 aliphatic carbocycles. The molecule has 30 heavy (non-hydrogen) atoms. The van der Waals surface area contributed by atoms with Crippen molar-refractivity contribution in [1.29, 1.82) is 0 Å². The maximum absolute atomic E-state index is 12.2. The van der Waals surface area contributed by atoms with E-state index in [-0.39, 0.29) is 18.4 Å². The van der Waals surface area contributed by atoms with Crippen LogP contribution in [0.15, 0.2) is 48.5 Å². The summed E-state index contributed by atoms with van der Waals surface area (Å²) in [5.74, 6) is 0.160. The van der Waals surface area contributed by atoms with Crippen LogP contribution in [0.1, 0.15) is 30.1 Å². The molecule has 0 saturated carbocycles. The Kier molecular flexibility index (Phi) is 8.09. The number of benzene rings is 2. The van der Waals surface area contributed by atoms with Crippen molar-refractivity contribution in [2.45, 2.75) is 19.8 Å². The van der Waals surface area contributed by atoms with E-state index >= 15 is 0 Å². The Labute approximate surface area is 177 Å². The molecular weight excluding hydrogens is 382 g/mol. The van der Waals surface area contributed by atoms with E-state index in [1.165, 1.54) is 0 Å². The molecule has 7 nitrogen and oxygen atoms in total. The molecule has 2 aromatic carbocycles. The fourth-order valence-corrected chi connectivity index (χ4v) is 3.08. The van der Waals surface area contributed by atoms with Gasteiger partial charge in [-0.05, 0) is 55.0 Å². The maximum Gasteiger partial charge on any atom is 0.251 e. The van der Waals surface area contributed by atoms with Gasteiger partial charge in [0.05, 0.1) is 26.4 Å². The summed E-state index contributed by atoms with van der Waals surface area (Å²) >= 11 is 0. The normalized spacial score (nSPS) is 13.6. The highest BCUT2D eigenvalue weighted by Gasteiger charge is 2.12. The van der Waals surface area contributed by atoms with Gasteiger partial charge in [0.25, 0.3) is 5.91 Å². The molecule has 2 N–H and O–H groups in total. The number of morpholine rings is 1. The Bertz CT molecular complexity index is 815. The van der Waals surface area contributed by atoms with Crippen molar-refractivity contribution in [3.05, 3.63) is 54.1 Å². The third-order valence-electron chi connectivity index (χ3n) is 4.82. The van der Waals surface area contributed by atoms with Crippen molar-refractivity contribution in [1.82, 2.24) is 5.32 Å². The Hall–Kier alpha value is -3.06. The van der Waals surface area contributed by atoms with Gasteiger partial charge in [-0.2, -0.15) is 0 Å². The van der Waals surface area contributed by atoms with E-state index < -0.39 is 0 Å². The zero-order chi connectivity index (χ0) is 21.2. The lowest BCUT2D eigenvalue weighted by molar-refractivity contribution is -0.115. The summed E-state index contributed by atoms with van der Waals surface area (Å²) < 4.78 is 10.9. The Morgan fingerprint density at radius 1 is 1.03 bits per heavy atom. The quantitative estimate of drug-likeness (QED) is 0.620. The summed E-state index contributed by atoms with van der Waals surface area (Å²) in [7, 11) is 0. The Morgan fingerprint density at radius 3 is 2.40 bits per heavy atom. The first-order valence-corrected chi connectivity index (χ1v) is 10.4. The molecule has 0 radical (unpaired) electrons. The lowest BCUT2D eigenvalue weighted by Gasteiger charge is -2.28. The number of hydrogen-bond donors (Lipinski definition) is 2. The van der Waals surface area contributed by atoms with Crippen molar-refractivity contribution in [3.63, 3.8) is 0 Å². The lowest BCUT2D eigenvalue weighted by atomic mass is 10.2. The minimum Gasteiger partial charge on any atom is -0.494 e. The molecule has 0 aromatic heterocycles. The van der Waals surface area contributed by atoms with Crippen LogP contribution in [0, 0.1) is 0 Å². The van der Waals surface area contributed by atoms with Crippen LogP contribution >= 0.6 is 0 Å². The number of nitrogens with zero attached hydrogens (tertiary/aromatic N) is 1. The molecule has 1 fully saturated rings. The molecule has 2 amide bonds. The molecule has 7 heteroatoms. The monoisotopic (exact) mass is 411 g/mol. The first-order valence-electron chi connectivity index (χ1n) is 10.4. The average molecular weight is 412 g/mol. The van der Waals surface area contributed by atoms with Gasteiger partial charge in [-0.1, -0.05) is 13.3 Å². The summed E-state index contributed by atoms with van der Waals surface area (Å²) in [5.41, 5.74) is 2.28. The number of carbonyl (C=O) groups is 2. The van der Waals surface area contributed by atoms with E-state index in [1.807, 2.05) is 24.3 Å². The molecule has 0 bridgehead atoms. The molecule has 0 unspecified atom stereocenters. The molecule has 1 saturated heterocycles. The van der Waals surface area contributed by atoms with Crippen LogP contribution in [-0.2, 0) is 9.53 Å². The summed E-state index contributed by atoms with van der Waals surface area (Å²) in [6, 6.07) is 14.6. The number of unbranched alkanes of at least 4 members (excludes halogenated alkanes) is 1. The summed E-state index contributed by atoms with van der Waals surface area (Å²) in [6.45, 7) is 5.86. The summed E-state index contributed by atoms with van der Waals surface area (Å²) in [4.78, 5) is 26.7. The largest absolute Gasteiger partial charge is 0.494 e. The smallest absolute Gasteiger partial charge is 0.251 e. The van der Waals surface area contributed by atoms with E-state index in [1.54, 1.807) is 24.3 Å². The molecule has 1 heterocycles. The van der Waals surface area contributed by atoms with E-state index in [0.717, 1.165) is 50.6 Å². The lowest BCUT2D eigenvalue weighted by Crippen LogP contribution is -2.36. The standard InChI is InChI=1S/C23H29N3O4/c1-2-3-14-30-21-10-4-18(5-11-21)23(28)24-17-22(27)25-19-6-8-20(9-7-19)26-12-15-29-16-13-26/h4-11H,2-3,12-17H2,1H3,(H,24,28)(H,25,27). The zero-order valence-corrected chi connectivity index (χ0v) is 17.4. The number of hydrogen-bond acceptors (Lipinski definition) is 5. The second kappa shape index (κ2) is 11.2. The van der Waals surface area contributed by atoms with Crippen molar-refractivity contribution in [3.8, 4) is 5.75 Å². The van der Waals surface area contributed by atoms with E-state index in [0.29, 0.717) is 17.9 Å². The Morgan fingerprint density at radius 2 is 1.73 bits per heavy atom. The average Bonchev–Trinajstić information content (AvgIpc) is 2.79. The van der Waals surface area contributed by atoms with E-state index in [4.69, 9.17) is 9.47 Å². The number of anilines is 2. The number of amides is 2. The number of ether oxygens (including phenoxy) is 2. The number of rotatable bonds is 9. The predicted molar refractivity (Wildman–Crippen MR) is 117 cm³/mol. The second-order valence-corrected chi connectivity index (χ2v) is 7.10. The zero-order valence-electron chi connectivity index (χ0n) is 17.4. The molecule has 2 aromatic rings. The third-order valence-corrected chi connectivity index (χ3v) is 4.82. The predicted octanol–water partition coefficient (Wildman–Crippen LogP) is 3.07. The highest BCUT2D eigenvalue weighted by Crippen LogP contribution is 2.19. The Balaban J connectivity index is 1.43. The fraction of sp³-hybridized carbons (Fsp3) is 0.391. The number of carbonyl (C=O) groups excluding carboxylic acids is 2. The van der Waals surface area contributed by atoms with Gasteiger partial charge in [-0.15, -0.1) is 0 Å². The highest BCUT2D eigenvalue weighted by molar-refractivity contribution is 5.99. The molecule has 160 valence electrons. The minimum absolute atomic E-state index is 0.0984. The van der Waals surface area contributed by atoms with Gasteiger partial charge in [0.15, 0.2) is 0 Å². The maximum atomic E-state index is 12.2. The highest BCUT2D eigenvalue weighted by atomic mass is 16.5. The van der Waals surface area contributed by atoms with Crippen LogP contribution in [0.4, 0.5) is 11.4 Å². The van der Waals surface area contributed by atoms with Crippen molar-refractivity contribution in [2.75, 3.05) is 49.7 Å². The first kappa shape index (κ1) is 21.6. The molecule has 3 rings (SSSR count). The number of nitrogens with one attached hydrogen (secondary N) is 2. The molecule has 1 aliphatic rings. The van der Waals surface area contributed by atoms with Gasteiger partial charge in [0.2, 0.25) is 5.91 Å². The van der Waals surface area contributed by atoms with Gasteiger partial charge in [0, 0.05) is 30.0 Å². The molecular formula is C23H29N3O4. The van der Waals surface area contributed by atoms with Crippen molar-refractivity contribution in [2.24, 2.45) is 0 Å². The van der Waals surface area contributed by atoms with Crippen molar-refractivity contribution < 1.29 is 19.1 Å². The third kappa shape index (κ3) is 6.49. The van der Waals surface area contributed by atoms with Crippen LogP contribution in [0.2, 0.25) is 0 Å². The minimum atomic E-state index is -0.298. The van der Waals surface area contributed by atoms with Gasteiger partial charge in [-0.25, -0.2) is 0 Å². The van der Waals surface area contributed by atoms with Crippen LogP contribution in [0.5, 0.6) is 5.75 Å². The van der Waals surface area contributed by atoms with Crippen LogP contribution in [0.3, 0.4) is 0 Å².